The fraction of sp³-hybridized carbons (Fsp3) is 0.516. The lowest BCUT2D eigenvalue weighted by molar-refractivity contribution is -0.137. The highest BCUT2D eigenvalue weighted by Gasteiger charge is 2.46. The van der Waals surface area contributed by atoms with Crippen LogP contribution in [-0.4, -0.2) is 97.9 Å². The maximum absolute atomic E-state index is 13.8. The van der Waals surface area contributed by atoms with Crippen LogP contribution in [0.3, 0.4) is 0 Å². The van der Waals surface area contributed by atoms with Gasteiger partial charge in [-0.25, -0.2) is 0 Å². The van der Waals surface area contributed by atoms with Gasteiger partial charge in [-0.2, -0.15) is 13.2 Å². The van der Waals surface area contributed by atoms with Crippen molar-refractivity contribution in [2.75, 3.05) is 65.5 Å². The quantitative estimate of drug-likeness (QED) is 0.436. The maximum atomic E-state index is 13.8. The summed E-state index contributed by atoms with van der Waals surface area (Å²) in [4.78, 5) is 32.3. The zero-order valence-corrected chi connectivity index (χ0v) is 25.7. The van der Waals surface area contributed by atoms with Gasteiger partial charge in [-0.1, -0.05) is 18.0 Å². The summed E-state index contributed by atoms with van der Waals surface area (Å²) in [7, 11) is 1.74. The largest absolute Gasteiger partial charge is 0.491 e. The molecule has 0 aromatic heterocycles. The summed E-state index contributed by atoms with van der Waals surface area (Å²) in [6, 6.07) is 9.17. The van der Waals surface area contributed by atoms with Crippen LogP contribution >= 0.6 is 11.9 Å². The normalized spacial score (nSPS) is 24.4. The van der Waals surface area contributed by atoms with Crippen LogP contribution < -0.4 is 10.1 Å². The molecule has 13 heteroatoms. The molecular formula is C31H37F3N4O5S. The van der Waals surface area contributed by atoms with Crippen molar-refractivity contribution < 1.29 is 37.0 Å². The number of rotatable bonds is 0. The molecule has 1 fully saturated rings. The van der Waals surface area contributed by atoms with Crippen LogP contribution in [0.25, 0.3) is 0 Å². The molecule has 1 N–H and O–H groups in total. The number of ether oxygens (including phenoxy) is 3. The predicted octanol–water partition coefficient (Wildman–Crippen LogP) is 4.11. The zero-order chi connectivity index (χ0) is 31.3. The minimum atomic E-state index is -4.61. The molecule has 0 unspecified atom stereocenters. The maximum Gasteiger partial charge on any atom is 0.416 e. The van der Waals surface area contributed by atoms with E-state index in [0.717, 1.165) is 29.9 Å². The van der Waals surface area contributed by atoms with Crippen LogP contribution in [0.15, 0.2) is 41.4 Å². The minimum absolute atomic E-state index is 0.00720. The number of piperidine rings is 1. The third kappa shape index (κ3) is 7.74. The summed E-state index contributed by atoms with van der Waals surface area (Å²) in [5, 5.41) is 2.74. The molecule has 0 radical (unpaired) electrons. The number of hydrogen-bond acceptors (Lipinski definition) is 8. The fourth-order valence-electron chi connectivity index (χ4n) is 5.42. The number of aliphatic imine (C=N–C) groups is 1. The number of amidine groups is 1. The van der Waals surface area contributed by atoms with Gasteiger partial charge in [0.15, 0.2) is 0 Å². The van der Waals surface area contributed by atoms with Crippen LogP contribution in [0.5, 0.6) is 5.75 Å². The summed E-state index contributed by atoms with van der Waals surface area (Å²) in [6.07, 6.45) is -2.87. The molecule has 238 valence electrons. The molecule has 2 aromatic carbocycles. The Morgan fingerprint density at radius 3 is 2.39 bits per heavy atom. The second kappa shape index (κ2) is 13.9. The van der Waals surface area contributed by atoms with Gasteiger partial charge in [0.05, 0.1) is 32.0 Å². The lowest BCUT2D eigenvalue weighted by Gasteiger charge is -2.34. The van der Waals surface area contributed by atoms with E-state index in [1.54, 1.807) is 23.9 Å². The first-order chi connectivity index (χ1) is 21.0. The summed E-state index contributed by atoms with van der Waals surface area (Å²) in [5.41, 5.74) is 1.10. The molecule has 7 bridgehead atoms. The van der Waals surface area contributed by atoms with Crippen LogP contribution in [-0.2, 0) is 26.9 Å². The van der Waals surface area contributed by atoms with E-state index in [1.807, 2.05) is 25.1 Å². The molecule has 0 saturated carbocycles. The van der Waals surface area contributed by atoms with Gasteiger partial charge in [0, 0.05) is 43.6 Å². The number of aryl methyl sites for hydroxylation is 2. The highest BCUT2D eigenvalue weighted by Crippen LogP contribution is 2.36. The Balaban J connectivity index is 1.32. The number of nitrogens with zero attached hydrogens (tertiary/aromatic N) is 3. The van der Waals surface area contributed by atoms with Crippen molar-refractivity contribution in [1.29, 1.82) is 0 Å². The summed E-state index contributed by atoms with van der Waals surface area (Å²) in [6.45, 7) is 4.71. The number of nitrogens with one attached hydrogen (secondary N) is 1. The Labute approximate surface area is 259 Å². The van der Waals surface area contributed by atoms with Crippen LogP contribution in [0, 0.1) is 6.92 Å². The summed E-state index contributed by atoms with van der Waals surface area (Å²) >= 11 is 1.70. The number of hydrogen-bond donors (Lipinski definition) is 1. The van der Waals surface area contributed by atoms with E-state index in [-0.39, 0.29) is 48.8 Å². The fourth-order valence-corrected chi connectivity index (χ4v) is 6.43. The second-order valence-electron chi connectivity index (χ2n) is 11.1. The standard InChI is InChI=1S/C31H37F3N4O5S/c1-21-17-23-4-3-22(21)5-16-44-38-8-6-30(7-9-38)29(40)35-27(36-30)24-18-25(31(32,33)34)20-26(19-24)43-15-14-42-13-12-41-11-10-37(2)28(23)39/h3-4,17-20H,5-16H2,1-2H3,(H,35,36,40). The Morgan fingerprint density at radius 1 is 0.932 bits per heavy atom. The number of fused-ring (bicyclic) bond motifs is 2. The average molecular weight is 635 g/mol. The van der Waals surface area contributed by atoms with Crippen LogP contribution in [0.4, 0.5) is 13.2 Å². The molecule has 2 amide bonds. The number of alkyl halides is 3. The van der Waals surface area contributed by atoms with Gasteiger partial charge in [-0.05, 0) is 67.6 Å². The highest BCUT2D eigenvalue weighted by atomic mass is 32.2. The third-order valence-electron chi connectivity index (χ3n) is 8.06. The predicted molar refractivity (Wildman–Crippen MR) is 161 cm³/mol. The number of benzene rings is 2. The third-order valence-corrected chi connectivity index (χ3v) is 9.18. The van der Waals surface area contributed by atoms with Crippen molar-refractivity contribution in [3.8, 4) is 5.75 Å². The van der Waals surface area contributed by atoms with Crippen molar-refractivity contribution >= 4 is 29.6 Å². The highest BCUT2D eigenvalue weighted by molar-refractivity contribution is 7.97. The van der Waals surface area contributed by atoms with E-state index in [0.29, 0.717) is 51.3 Å². The smallest absolute Gasteiger partial charge is 0.416 e. The van der Waals surface area contributed by atoms with Gasteiger partial charge < -0.3 is 24.4 Å². The van der Waals surface area contributed by atoms with E-state index in [9.17, 15) is 22.8 Å². The first-order valence-corrected chi connectivity index (χ1v) is 15.6. The first kappa shape index (κ1) is 32.3. The van der Waals surface area contributed by atoms with E-state index < -0.39 is 17.3 Å². The topological polar surface area (TPSA) is 92.7 Å². The van der Waals surface area contributed by atoms with Gasteiger partial charge >= 0.3 is 6.18 Å². The molecule has 44 heavy (non-hydrogen) atoms. The molecule has 9 nitrogen and oxygen atoms in total. The van der Waals surface area contributed by atoms with Gasteiger partial charge in [0.25, 0.3) is 11.8 Å². The number of carbonyl (C=O) groups excluding carboxylic acids is 2. The van der Waals surface area contributed by atoms with E-state index >= 15 is 0 Å². The van der Waals surface area contributed by atoms with Crippen LogP contribution in [0.1, 0.15) is 45.5 Å². The number of likely N-dealkylation sites (N-methyl/N-ethyl adjacent to an activating group) is 1. The average Bonchev–Trinajstić information content (AvgIpc) is 3.31. The van der Waals surface area contributed by atoms with Gasteiger partial charge in [-0.15, -0.1) is 0 Å². The molecule has 5 heterocycles. The first-order valence-electron chi connectivity index (χ1n) is 14.7. The number of halogens is 3. The molecule has 0 aliphatic carbocycles. The van der Waals surface area contributed by atoms with Crippen molar-refractivity contribution in [2.24, 2.45) is 4.99 Å². The van der Waals surface area contributed by atoms with Gasteiger partial charge in [-0.3, -0.25) is 18.9 Å². The van der Waals surface area contributed by atoms with Crippen LogP contribution in [0.2, 0.25) is 0 Å². The Bertz CT molecular complexity index is 1390. The van der Waals surface area contributed by atoms with E-state index in [1.165, 1.54) is 11.6 Å². The molecule has 1 spiro atoms. The van der Waals surface area contributed by atoms with Crippen molar-refractivity contribution in [1.82, 2.24) is 14.5 Å². The molecule has 5 aliphatic rings. The molecular weight excluding hydrogens is 597 g/mol. The lowest BCUT2D eigenvalue weighted by Crippen LogP contribution is -2.47. The number of carbonyl (C=O) groups is 2. The lowest BCUT2D eigenvalue weighted by atomic mass is 9.89. The number of amides is 2. The van der Waals surface area contributed by atoms with Crippen molar-refractivity contribution in [3.63, 3.8) is 0 Å². The van der Waals surface area contributed by atoms with Crippen molar-refractivity contribution in [2.45, 2.75) is 37.9 Å². The Kier molecular flexibility index (Phi) is 10.2. The summed E-state index contributed by atoms with van der Waals surface area (Å²) in [5.74, 6) is 0.589. The molecule has 0 atom stereocenters. The minimum Gasteiger partial charge on any atom is -0.491 e. The molecule has 7 rings (SSSR count). The zero-order valence-electron chi connectivity index (χ0n) is 24.9. The second-order valence-corrected chi connectivity index (χ2v) is 12.3. The monoisotopic (exact) mass is 634 g/mol. The van der Waals surface area contributed by atoms with E-state index in [2.05, 4.69) is 14.6 Å². The van der Waals surface area contributed by atoms with Gasteiger partial charge in [0.2, 0.25) is 0 Å². The Hall–Kier alpha value is -3.13. The SMILES string of the molecule is Cc1cc2ccc1CCSN1CCC3(CC1)N=C(NC3=O)c1cc(cc(C(F)(F)F)c1)OCCOCCOCCN(C)C2=O. The summed E-state index contributed by atoms with van der Waals surface area (Å²) < 4.78 is 60.2. The molecule has 2 aromatic rings. The molecule has 1 saturated heterocycles. The Morgan fingerprint density at radius 2 is 1.66 bits per heavy atom. The van der Waals surface area contributed by atoms with E-state index in [4.69, 9.17) is 14.2 Å². The van der Waals surface area contributed by atoms with Crippen molar-refractivity contribution in [3.05, 3.63) is 64.2 Å². The molecule has 5 aliphatic heterocycles. The van der Waals surface area contributed by atoms with Gasteiger partial charge in [0.1, 0.15) is 23.7 Å².